The SMILES string of the molecule is [2H]c1c([2H])c([2H])c(-c2cc(-c3cccc4c3oc3ccccc34)cc3c2-[n+]2[c-]n(-c4cccc(Oc5ccc6c7ccccc7n(-c7cc(C(C)(C)C)ccn7)c6c5)c4)c([2H])c2-c2ccccc2-c2ccccc2-3)c([2H])c1[2H]. The van der Waals surface area contributed by atoms with E-state index in [9.17, 15) is 4.11 Å². The summed E-state index contributed by atoms with van der Waals surface area (Å²) in [7, 11) is 0. The highest BCUT2D eigenvalue weighted by atomic mass is 16.5. The quantitative estimate of drug-likeness (QED) is 0.123. The summed E-state index contributed by atoms with van der Waals surface area (Å²) in [5.74, 6) is 1.95. The molecular weight excluding hydrogens is 881 g/mol. The first-order valence-corrected chi connectivity index (χ1v) is 24.0. The van der Waals surface area contributed by atoms with Gasteiger partial charge in [0.25, 0.3) is 6.33 Å². The van der Waals surface area contributed by atoms with Gasteiger partial charge in [-0.05, 0) is 122 Å². The van der Waals surface area contributed by atoms with Gasteiger partial charge in [0, 0.05) is 45.5 Å². The van der Waals surface area contributed by atoms with Crippen molar-refractivity contribution in [2.75, 3.05) is 0 Å². The zero-order chi connectivity index (χ0) is 53.3. The van der Waals surface area contributed by atoms with E-state index in [2.05, 4.69) is 80.2 Å². The fourth-order valence-corrected chi connectivity index (χ4v) is 10.5. The fraction of sp³-hybridized carbons (Fsp3) is 0.0606. The summed E-state index contributed by atoms with van der Waals surface area (Å²) in [5.41, 5.74) is 11.9. The Balaban J connectivity index is 0.987. The number of para-hydroxylation sites is 3. The number of benzene rings is 9. The lowest BCUT2D eigenvalue weighted by molar-refractivity contribution is -0.586. The minimum absolute atomic E-state index is 0.0115. The van der Waals surface area contributed by atoms with Gasteiger partial charge in [-0.15, -0.1) is 0 Å². The van der Waals surface area contributed by atoms with Gasteiger partial charge in [-0.3, -0.25) is 13.7 Å². The number of furan rings is 1. The summed E-state index contributed by atoms with van der Waals surface area (Å²) < 4.78 is 74.9. The fourth-order valence-electron chi connectivity index (χ4n) is 10.5. The van der Waals surface area contributed by atoms with Crippen LogP contribution in [0.4, 0.5) is 0 Å². The highest BCUT2D eigenvalue weighted by molar-refractivity contribution is 6.11. The first kappa shape index (κ1) is 35.8. The van der Waals surface area contributed by atoms with E-state index < -0.39 is 18.1 Å². The van der Waals surface area contributed by atoms with Gasteiger partial charge in [0.1, 0.15) is 28.5 Å². The molecule has 0 saturated carbocycles. The maximum absolute atomic E-state index is 10.2. The van der Waals surface area contributed by atoms with E-state index in [0.29, 0.717) is 50.8 Å². The second-order valence-electron chi connectivity index (χ2n) is 19.3. The van der Waals surface area contributed by atoms with Crippen molar-refractivity contribution in [2.45, 2.75) is 26.2 Å². The molecule has 1 aliphatic heterocycles. The van der Waals surface area contributed by atoms with Crippen LogP contribution in [0.25, 0.3) is 117 Å². The van der Waals surface area contributed by atoms with Crippen molar-refractivity contribution in [1.29, 1.82) is 0 Å². The number of rotatable bonds is 6. The number of fused-ring (bicyclic) bond motifs is 14. The van der Waals surface area contributed by atoms with Crippen LogP contribution in [0.2, 0.25) is 0 Å². The Kier molecular flexibility index (Phi) is 8.03. The van der Waals surface area contributed by atoms with Crippen LogP contribution in [-0.4, -0.2) is 14.1 Å². The number of hydrogen-bond acceptors (Lipinski definition) is 3. The summed E-state index contributed by atoms with van der Waals surface area (Å²) in [4.78, 5) is 4.87. The van der Waals surface area contributed by atoms with E-state index in [1.807, 2.05) is 144 Å². The topological polar surface area (TPSA) is 49.0 Å². The largest absolute Gasteiger partial charge is 0.458 e. The summed E-state index contributed by atoms with van der Waals surface area (Å²) in [5, 5.41) is 4.05. The van der Waals surface area contributed by atoms with Gasteiger partial charge in [0.05, 0.1) is 36.3 Å². The van der Waals surface area contributed by atoms with Gasteiger partial charge in [-0.1, -0.05) is 160 Å². The van der Waals surface area contributed by atoms with E-state index in [1.165, 1.54) is 5.56 Å². The van der Waals surface area contributed by atoms with Crippen LogP contribution in [0.15, 0.2) is 229 Å². The van der Waals surface area contributed by atoms with Crippen LogP contribution < -0.4 is 9.30 Å². The Morgan fingerprint density at radius 3 is 2.06 bits per heavy atom. The molecule has 14 rings (SSSR count). The second kappa shape index (κ2) is 16.2. The number of nitrogens with zero attached hydrogens (tertiary/aromatic N) is 4. The molecule has 4 aromatic heterocycles. The first-order valence-electron chi connectivity index (χ1n) is 27.0. The summed E-state index contributed by atoms with van der Waals surface area (Å²) in [6, 6.07) is 58.0. The van der Waals surface area contributed by atoms with Gasteiger partial charge >= 0.3 is 0 Å². The van der Waals surface area contributed by atoms with Gasteiger partial charge in [0.15, 0.2) is 0 Å². The predicted octanol–water partition coefficient (Wildman–Crippen LogP) is 16.7. The Labute approximate surface area is 425 Å². The van der Waals surface area contributed by atoms with Crippen molar-refractivity contribution in [3.05, 3.63) is 236 Å². The van der Waals surface area contributed by atoms with Gasteiger partial charge in [0.2, 0.25) is 0 Å². The summed E-state index contributed by atoms with van der Waals surface area (Å²) >= 11 is 0. The molecule has 0 aliphatic carbocycles. The van der Waals surface area contributed by atoms with E-state index in [-0.39, 0.29) is 29.2 Å². The van der Waals surface area contributed by atoms with Crippen LogP contribution in [0.5, 0.6) is 11.5 Å². The molecule has 0 bridgehead atoms. The normalized spacial score (nSPS) is 13.3. The Hall–Kier alpha value is -9.26. The molecule has 0 fully saturated rings. The summed E-state index contributed by atoms with van der Waals surface area (Å²) in [6.07, 6.45) is 5.56. The molecule has 0 atom stereocenters. The van der Waals surface area contributed by atoms with E-state index in [0.717, 1.165) is 71.8 Å². The number of hydrogen-bond donors (Lipinski definition) is 0. The van der Waals surface area contributed by atoms with Gasteiger partial charge in [-0.2, -0.15) is 0 Å². The number of pyridine rings is 1. The standard InChI is InChI=1S/C66H46N4O2/c1-66(2,3)44-33-34-67-63(37-44)70-59-29-13-11-25-53(59)54-32-31-47(39-60(54)70)71-46-20-15-19-45(38-46)68-40-61-52-24-10-9-22-50(52)49-21-7-8-23-51(49)58-36-43(35-57(64(58)69(61)41-68)42-17-5-4-6-18-42)48-27-16-28-56-55-26-12-14-30-62(55)72-65(48)56/h4-40H,1-3H3/i4D,5D,6D,17D,18D,40D. The number of ether oxygens (including phenoxy) is 1. The monoisotopic (exact) mass is 932 g/mol. The lowest BCUT2D eigenvalue weighted by atomic mass is 9.85. The van der Waals surface area contributed by atoms with Crippen molar-refractivity contribution < 1.29 is 21.9 Å². The molecule has 0 spiro atoms. The van der Waals surface area contributed by atoms with Crippen molar-refractivity contribution in [3.8, 4) is 84.5 Å². The van der Waals surface area contributed by atoms with Crippen molar-refractivity contribution in [2.24, 2.45) is 0 Å². The zero-order valence-corrected chi connectivity index (χ0v) is 39.5. The Morgan fingerprint density at radius 1 is 0.556 bits per heavy atom. The molecule has 0 amide bonds. The third kappa shape index (κ3) is 6.71. The van der Waals surface area contributed by atoms with Crippen molar-refractivity contribution >= 4 is 43.7 Å². The Bertz CT molecular complexity index is 4650. The molecule has 0 unspecified atom stereocenters. The Morgan fingerprint density at radius 2 is 1.22 bits per heavy atom. The van der Waals surface area contributed by atoms with Crippen LogP contribution in [0, 0.1) is 6.33 Å². The van der Waals surface area contributed by atoms with Crippen molar-refractivity contribution in [1.82, 2.24) is 14.1 Å². The minimum Gasteiger partial charge on any atom is -0.458 e. The van der Waals surface area contributed by atoms with E-state index in [1.54, 1.807) is 4.57 Å². The number of aromatic nitrogens is 4. The molecule has 0 radical (unpaired) electrons. The molecule has 0 N–H and O–H groups in total. The first-order chi connectivity index (χ1) is 37.8. The van der Waals surface area contributed by atoms with Crippen LogP contribution in [0.1, 0.15) is 34.6 Å². The smallest absolute Gasteiger partial charge is 0.269 e. The molecule has 13 aromatic rings. The number of imidazole rings is 1. The predicted molar refractivity (Wildman–Crippen MR) is 292 cm³/mol. The van der Waals surface area contributed by atoms with Crippen molar-refractivity contribution in [3.63, 3.8) is 0 Å². The molecule has 1 aliphatic rings. The molecule has 5 heterocycles. The molecule has 6 heteroatoms. The zero-order valence-electron chi connectivity index (χ0n) is 45.5. The minimum atomic E-state index is -0.495. The molecular formula is C66H46N4O2. The third-order valence-electron chi connectivity index (χ3n) is 13.9. The van der Waals surface area contributed by atoms with Gasteiger partial charge < -0.3 is 9.15 Å². The maximum Gasteiger partial charge on any atom is 0.269 e. The average molecular weight is 933 g/mol. The van der Waals surface area contributed by atoms with E-state index >= 15 is 0 Å². The lowest BCUT2D eigenvalue weighted by Gasteiger charge is -2.25. The summed E-state index contributed by atoms with van der Waals surface area (Å²) in [6.45, 7) is 6.60. The third-order valence-corrected chi connectivity index (χ3v) is 13.9. The molecule has 72 heavy (non-hydrogen) atoms. The highest BCUT2D eigenvalue weighted by Gasteiger charge is 2.28. The maximum atomic E-state index is 10.2. The van der Waals surface area contributed by atoms with Crippen LogP contribution in [0.3, 0.4) is 0 Å². The molecule has 9 aromatic carbocycles. The molecule has 6 nitrogen and oxygen atoms in total. The van der Waals surface area contributed by atoms with Crippen LogP contribution >= 0.6 is 0 Å². The molecule has 342 valence electrons. The highest BCUT2D eigenvalue weighted by Crippen LogP contribution is 2.47. The second-order valence-corrected chi connectivity index (χ2v) is 19.3. The van der Waals surface area contributed by atoms with E-state index in [4.69, 9.17) is 18.3 Å². The van der Waals surface area contributed by atoms with Crippen LogP contribution in [-0.2, 0) is 5.41 Å². The average Bonchev–Trinajstić information content (AvgIpc) is 4.19. The molecule has 0 saturated heterocycles. The lowest BCUT2D eigenvalue weighted by Crippen LogP contribution is -2.34. The van der Waals surface area contributed by atoms with Gasteiger partial charge in [-0.25, -0.2) is 4.98 Å².